The molecule has 0 aromatic carbocycles. The normalized spacial score (nSPS) is 18.3. The molecule has 1 aromatic heterocycles. The van der Waals surface area contributed by atoms with Crippen LogP contribution in [-0.2, 0) is 11.8 Å². The van der Waals surface area contributed by atoms with E-state index in [1.807, 2.05) is 0 Å². The molecule has 20 heavy (non-hydrogen) atoms. The van der Waals surface area contributed by atoms with E-state index >= 15 is 0 Å². The molecule has 2 N–H and O–H groups in total. The van der Waals surface area contributed by atoms with Crippen molar-refractivity contribution in [1.82, 2.24) is 20.4 Å². The Balaban J connectivity index is 1.87. The predicted molar refractivity (Wildman–Crippen MR) is 76.7 cm³/mol. The molecular formula is C13H21N5O2. The molecule has 2 rings (SSSR count). The van der Waals surface area contributed by atoms with Crippen molar-refractivity contribution in [2.24, 2.45) is 13.0 Å². The minimum atomic E-state index is -0.103. The molecule has 0 unspecified atom stereocenters. The summed E-state index contributed by atoms with van der Waals surface area (Å²) in [5.74, 6) is 0.432. The summed E-state index contributed by atoms with van der Waals surface area (Å²) < 4.78 is 1.31. The Morgan fingerprint density at radius 3 is 3.05 bits per heavy atom. The second-order valence-corrected chi connectivity index (χ2v) is 5.11. The number of amides is 1. The van der Waals surface area contributed by atoms with Gasteiger partial charge in [0.05, 0.1) is 18.4 Å². The highest BCUT2D eigenvalue weighted by atomic mass is 16.2. The molecule has 0 spiro atoms. The maximum atomic E-state index is 11.6. The molecule has 7 nitrogen and oxygen atoms in total. The summed E-state index contributed by atoms with van der Waals surface area (Å²) in [5.41, 5.74) is 0.755. The van der Waals surface area contributed by atoms with E-state index in [1.54, 1.807) is 26.4 Å². The van der Waals surface area contributed by atoms with Gasteiger partial charge >= 0.3 is 0 Å². The van der Waals surface area contributed by atoms with Crippen LogP contribution in [-0.4, -0.2) is 48.9 Å². The maximum Gasteiger partial charge on any atom is 0.268 e. The molecule has 7 heteroatoms. The number of anilines is 1. The van der Waals surface area contributed by atoms with Gasteiger partial charge in [0.15, 0.2) is 0 Å². The predicted octanol–water partition coefficient (Wildman–Crippen LogP) is -1.06. The molecular weight excluding hydrogens is 258 g/mol. The zero-order chi connectivity index (χ0) is 14.5. The van der Waals surface area contributed by atoms with Crippen LogP contribution in [0.25, 0.3) is 0 Å². The lowest BCUT2D eigenvalue weighted by molar-refractivity contribution is -0.120. The molecule has 1 atom stereocenters. The number of carbonyl (C=O) groups is 1. The fourth-order valence-electron chi connectivity index (χ4n) is 2.35. The van der Waals surface area contributed by atoms with E-state index in [-0.39, 0.29) is 11.5 Å². The molecule has 2 heterocycles. The minimum absolute atomic E-state index is 0.0150. The highest BCUT2D eigenvalue weighted by Gasteiger charge is 2.23. The quantitative estimate of drug-likeness (QED) is 0.718. The van der Waals surface area contributed by atoms with Gasteiger partial charge in [-0.25, -0.2) is 4.68 Å². The molecule has 1 amide bonds. The zero-order valence-electron chi connectivity index (χ0n) is 11.9. The van der Waals surface area contributed by atoms with E-state index in [0.29, 0.717) is 19.0 Å². The standard InChI is InChI=1S/C13H21N5O2/c1-14-8-12(19)15-6-10-3-4-18(9-10)11-5-13(20)17(2)16-7-11/h5,7,10,14H,3-4,6,8-9H2,1-2H3,(H,15,19)/t10-/m0/s1. The summed E-state index contributed by atoms with van der Waals surface area (Å²) in [5, 5.41) is 9.76. The fourth-order valence-corrected chi connectivity index (χ4v) is 2.35. The molecule has 0 aliphatic carbocycles. The first-order chi connectivity index (χ1) is 9.60. The summed E-state index contributed by atoms with van der Waals surface area (Å²) in [6.07, 6.45) is 2.72. The Bertz CT molecular complexity index is 528. The SMILES string of the molecule is CNCC(=O)NC[C@@H]1CCN(c2cnn(C)c(=O)c2)C1. The van der Waals surface area contributed by atoms with Gasteiger partial charge in [-0.3, -0.25) is 9.59 Å². The van der Waals surface area contributed by atoms with Crippen LogP contribution in [0.15, 0.2) is 17.1 Å². The Morgan fingerprint density at radius 1 is 1.55 bits per heavy atom. The number of aryl methyl sites for hydroxylation is 1. The number of nitrogens with one attached hydrogen (secondary N) is 2. The van der Waals surface area contributed by atoms with E-state index in [4.69, 9.17) is 0 Å². The number of rotatable bonds is 5. The third-order valence-electron chi connectivity index (χ3n) is 3.53. The van der Waals surface area contributed by atoms with Crippen LogP contribution in [0.4, 0.5) is 5.69 Å². The first-order valence-electron chi connectivity index (χ1n) is 6.79. The van der Waals surface area contributed by atoms with Crippen molar-refractivity contribution in [3.63, 3.8) is 0 Å². The first kappa shape index (κ1) is 14.5. The van der Waals surface area contributed by atoms with Gasteiger partial charge in [0, 0.05) is 32.7 Å². The molecule has 0 bridgehead atoms. The smallest absolute Gasteiger partial charge is 0.268 e. The van der Waals surface area contributed by atoms with Crippen molar-refractivity contribution >= 4 is 11.6 Å². The van der Waals surface area contributed by atoms with Crippen molar-refractivity contribution in [1.29, 1.82) is 0 Å². The third kappa shape index (κ3) is 3.57. The van der Waals surface area contributed by atoms with Crippen LogP contribution in [0.3, 0.4) is 0 Å². The van der Waals surface area contributed by atoms with Gasteiger partial charge in [0.1, 0.15) is 0 Å². The van der Waals surface area contributed by atoms with Gasteiger partial charge in [-0.2, -0.15) is 5.10 Å². The molecule has 1 fully saturated rings. The largest absolute Gasteiger partial charge is 0.370 e. The maximum absolute atomic E-state index is 11.6. The summed E-state index contributed by atoms with van der Waals surface area (Å²) in [7, 11) is 3.38. The minimum Gasteiger partial charge on any atom is -0.370 e. The molecule has 1 aliphatic rings. The van der Waals surface area contributed by atoms with Crippen molar-refractivity contribution in [2.45, 2.75) is 6.42 Å². The molecule has 0 radical (unpaired) electrons. The number of nitrogens with zero attached hydrogens (tertiary/aromatic N) is 3. The number of carbonyl (C=O) groups excluding carboxylic acids is 1. The Hall–Kier alpha value is -1.89. The van der Waals surface area contributed by atoms with E-state index in [2.05, 4.69) is 20.6 Å². The van der Waals surface area contributed by atoms with Gasteiger partial charge in [-0.15, -0.1) is 0 Å². The molecule has 110 valence electrons. The number of hydrogen-bond acceptors (Lipinski definition) is 5. The van der Waals surface area contributed by atoms with Gasteiger partial charge < -0.3 is 15.5 Å². The highest BCUT2D eigenvalue weighted by molar-refractivity contribution is 5.77. The van der Waals surface area contributed by atoms with Gasteiger partial charge in [0.2, 0.25) is 5.91 Å². The fraction of sp³-hybridized carbons (Fsp3) is 0.615. The number of aromatic nitrogens is 2. The second-order valence-electron chi connectivity index (χ2n) is 5.11. The summed E-state index contributed by atoms with van der Waals surface area (Å²) in [6.45, 7) is 2.75. The zero-order valence-corrected chi connectivity index (χ0v) is 11.9. The van der Waals surface area contributed by atoms with E-state index in [0.717, 1.165) is 25.2 Å². The molecule has 1 aliphatic heterocycles. The topological polar surface area (TPSA) is 79.3 Å². The molecule has 1 aromatic rings. The lowest BCUT2D eigenvalue weighted by atomic mass is 10.1. The Labute approximate surface area is 118 Å². The number of hydrogen-bond donors (Lipinski definition) is 2. The second kappa shape index (κ2) is 6.51. The highest BCUT2D eigenvalue weighted by Crippen LogP contribution is 2.21. The van der Waals surface area contributed by atoms with Crippen LogP contribution in [0.1, 0.15) is 6.42 Å². The first-order valence-corrected chi connectivity index (χ1v) is 6.79. The monoisotopic (exact) mass is 279 g/mol. The van der Waals surface area contributed by atoms with Gasteiger partial charge in [-0.1, -0.05) is 0 Å². The number of likely N-dealkylation sites (N-methyl/N-ethyl adjacent to an activating group) is 1. The average molecular weight is 279 g/mol. The van der Waals surface area contributed by atoms with Crippen molar-refractivity contribution < 1.29 is 4.79 Å². The molecule has 0 saturated carbocycles. The summed E-state index contributed by atoms with van der Waals surface area (Å²) in [4.78, 5) is 25.1. The van der Waals surface area contributed by atoms with Gasteiger partial charge in [-0.05, 0) is 19.4 Å². The van der Waals surface area contributed by atoms with Crippen molar-refractivity contribution in [3.05, 3.63) is 22.6 Å². The third-order valence-corrected chi connectivity index (χ3v) is 3.53. The molecule has 1 saturated heterocycles. The van der Waals surface area contributed by atoms with Crippen molar-refractivity contribution in [2.75, 3.05) is 38.1 Å². The van der Waals surface area contributed by atoms with E-state index in [1.165, 1.54) is 4.68 Å². The van der Waals surface area contributed by atoms with Crippen LogP contribution in [0, 0.1) is 5.92 Å². The van der Waals surface area contributed by atoms with Crippen LogP contribution >= 0.6 is 0 Å². The summed E-state index contributed by atoms with van der Waals surface area (Å²) >= 11 is 0. The summed E-state index contributed by atoms with van der Waals surface area (Å²) in [6, 6.07) is 1.61. The van der Waals surface area contributed by atoms with Crippen molar-refractivity contribution in [3.8, 4) is 0 Å². The van der Waals surface area contributed by atoms with Crippen LogP contribution in [0.2, 0.25) is 0 Å². The Kier molecular flexibility index (Phi) is 4.73. The lowest BCUT2D eigenvalue weighted by Gasteiger charge is -2.18. The van der Waals surface area contributed by atoms with E-state index < -0.39 is 0 Å². The Morgan fingerprint density at radius 2 is 2.35 bits per heavy atom. The average Bonchev–Trinajstić information content (AvgIpc) is 2.89. The van der Waals surface area contributed by atoms with Crippen LogP contribution < -0.4 is 21.1 Å². The van der Waals surface area contributed by atoms with Crippen LogP contribution in [0.5, 0.6) is 0 Å². The lowest BCUT2D eigenvalue weighted by Crippen LogP contribution is -2.36. The van der Waals surface area contributed by atoms with Gasteiger partial charge in [0.25, 0.3) is 5.56 Å². The van der Waals surface area contributed by atoms with E-state index in [9.17, 15) is 9.59 Å².